The van der Waals surface area contributed by atoms with Crippen LogP contribution in [0.1, 0.15) is 36.8 Å². The topological polar surface area (TPSA) is 137 Å². The van der Waals surface area contributed by atoms with Gasteiger partial charge in [-0.3, -0.25) is 0 Å². The predicted molar refractivity (Wildman–Crippen MR) is 239 cm³/mol. The Balaban J connectivity index is 0.778. The number of hydrogen-bond donors (Lipinski definition) is 4. The number of aryl methyl sites for hydroxylation is 2. The molecule has 0 aliphatic carbocycles. The second kappa shape index (κ2) is 13.6. The Morgan fingerprint density at radius 1 is 0.433 bits per heavy atom. The van der Waals surface area contributed by atoms with Crippen LogP contribution in [0.3, 0.4) is 0 Å². The first-order chi connectivity index (χ1) is 29.2. The van der Waals surface area contributed by atoms with E-state index < -0.39 is 0 Å². The average Bonchev–Trinajstić information content (AvgIpc) is 4.07. The summed E-state index contributed by atoms with van der Waals surface area (Å²) < 4.78 is 6.29. The number of pyridine rings is 1. The molecule has 5 heterocycles. The molecule has 0 aliphatic heterocycles. The summed E-state index contributed by atoms with van der Waals surface area (Å²) in [5, 5.41) is 0. The SMILES string of the molecule is Cc1cccc(-c2nc3ccc(-c4ccc5nc(C(C)(C)c6ccc(Oc7ccc(-c8nc9ccc(-c%10ccc%11nc(C)[nH]c%11c%10)cc9[nH]8)cc7)cc6)[nH]c5c4)cc3[nH]2)n1. The van der Waals surface area contributed by atoms with E-state index in [1.807, 2.05) is 68.4 Å². The fraction of sp³-hybridized carbons (Fsp3) is 0.100. The van der Waals surface area contributed by atoms with Gasteiger partial charge in [-0.15, -0.1) is 0 Å². The van der Waals surface area contributed by atoms with E-state index >= 15 is 0 Å². The highest BCUT2D eigenvalue weighted by Crippen LogP contribution is 2.35. The van der Waals surface area contributed by atoms with Gasteiger partial charge in [0.25, 0.3) is 0 Å². The predicted octanol–water partition coefficient (Wildman–Crippen LogP) is 12.0. The zero-order chi connectivity index (χ0) is 40.5. The number of nitrogens with one attached hydrogen (secondary N) is 4. The fourth-order valence-corrected chi connectivity index (χ4v) is 8.01. The van der Waals surface area contributed by atoms with E-state index in [1.165, 1.54) is 0 Å². The molecule has 0 saturated carbocycles. The van der Waals surface area contributed by atoms with Crippen molar-refractivity contribution in [3.8, 4) is 56.7 Å². The molecule has 6 aromatic carbocycles. The molecule has 10 nitrogen and oxygen atoms in total. The van der Waals surface area contributed by atoms with Crippen LogP contribution >= 0.6 is 0 Å². The smallest absolute Gasteiger partial charge is 0.157 e. The molecule has 0 unspecified atom stereocenters. The standard InChI is InChI=1S/C50H39N9O/c1-28-6-5-7-42(51-28)48-55-40-22-12-33(26-45(40)57-48)34-13-23-41-46(27-34)59-49(58-41)50(3,4)35-14-18-37(19-15-35)60-36-16-8-30(9-17-36)47-54-39-21-11-32(25-44(39)56-47)31-10-20-38-43(24-31)53-29(2)52-38/h5-27H,1-4H3,(H,52,53)(H,54,56)(H,55,57)(H,58,59). The Bertz CT molecular complexity index is 3400. The number of fused-ring (bicyclic) bond motifs is 4. The van der Waals surface area contributed by atoms with Gasteiger partial charge in [0.1, 0.15) is 34.7 Å². The van der Waals surface area contributed by atoms with Gasteiger partial charge in [-0.1, -0.05) is 42.5 Å². The quantitative estimate of drug-likeness (QED) is 0.121. The van der Waals surface area contributed by atoms with Crippen molar-refractivity contribution >= 4 is 44.1 Å². The lowest BCUT2D eigenvalue weighted by Crippen LogP contribution is -2.20. The van der Waals surface area contributed by atoms with Gasteiger partial charge in [-0.05, 0) is 153 Å². The number of H-pyrrole nitrogens is 4. The third kappa shape index (κ3) is 6.35. The van der Waals surface area contributed by atoms with Gasteiger partial charge in [0.05, 0.1) is 44.1 Å². The van der Waals surface area contributed by atoms with E-state index in [0.717, 1.165) is 124 Å². The highest BCUT2D eigenvalue weighted by atomic mass is 16.5. The van der Waals surface area contributed by atoms with E-state index in [-0.39, 0.29) is 5.41 Å². The number of nitrogens with zero attached hydrogens (tertiary/aromatic N) is 5. The van der Waals surface area contributed by atoms with Crippen LogP contribution in [0, 0.1) is 13.8 Å². The maximum atomic E-state index is 6.29. The van der Waals surface area contributed by atoms with Crippen molar-refractivity contribution in [2.75, 3.05) is 0 Å². The Morgan fingerprint density at radius 3 is 1.52 bits per heavy atom. The molecule has 5 aromatic heterocycles. The fourth-order valence-electron chi connectivity index (χ4n) is 8.01. The Morgan fingerprint density at radius 2 is 0.917 bits per heavy atom. The van der Waals surface area contributed by atoms with E-state index in [1.54, 1.807) is 0 Å². The third-order valence-corrected chi connectivity index (χ3v) is 11.4. The van der Waals surface area contributed by atoms with Crippen LogP contribution in [-0.2, 0) is 5.41 Å². The molecule has 10 heteroatoms. The summed E-state index contributed by atoms with van der Waals surface area (Å²) in [5.74, 6) is 4.88. The molecule has 60 heavy (non-hydrogen) atoms. The normalized spacial score (nSPS) is 12.0. The number of aromatic amines is 4. The highest BCUT2D eigenvalue weighted by molar-refractivity contribution is 5.89. The zero-order valence-corrected chi connectivity index (χ0v) is 33.4. The summed E-state index contributed by atoms with van der Waals surface area (Å²) in [6, 6.07) is 47.5. The maximum absolute atomic E-state index is 6.29. The van der Waals surface area contributed by atoms with Crippen LogP contribution in [0.25, 0.3) is 89.3 Å². The van der Waals surface area contributed by atoms with Crippen LogP contribution in [0.2, 0.25) is 0 Å². The van der Waals surface area contributed by atoms with Crippen molar-refractivity contribution in [1.29, 1.82) is 0 Å². The van der Waals surface area contributed by atoms with Gasteiger partial charge in [0.2, 0.25) is 0 Å². The van der Waals surface area contributed by atoms with Crippen LogP contribution in [0.5, 0.6) is 11.5 Å². The highest BCUT2D eigenvalue weighted by Gasteiger charge is 2.27. The monoisotopic (exact) mass is 781 g/mol. The zero-order valence-electron chi connectivity index (χ0n) is 33.4. The van der Waals surface area contributed by atoms with Crippen molar-refractivity contribution in [2.24, 2.45) is 0 Å². The summed E-state index contributed by atoms with van der Waals surface area (Å²) in [7, 11) is 0. The Kier molecular flexibility index (Phi) is 8.02. The van der Waals surface area contributed by atoms with Crippen molar-refractivity contribution in [1.82, 2.24) is 44.9 Å². The summed E-state index contributed by atoms with van der Waals surface area (Å²) >= 11 is 0. The van der Waals surface area contributed by atoms with E-state index in [0.29, 0.717) is 0 Å². The lowest BCUT2D eigenvalue weighted by atomic mass is 9.84. The molecular weight excluding hydrogens is 743 g/mol. The van der Waals surface area contributed by atoms with Crippen LogP contribution in [-0.4, -0.2) is 44.9 Å². The van der Waals surface area contributed by atoms with E-state index in [4.69, 9.17) is 19.7 Å². The summed E-state index contributed by atoms with van der Waals surface area (Å²) in [6.07, 6.45) is 0. The minimum atomic E-state index is -0.381. The van der Waals surface area contributed by atoms with Crippen molar-refractivity contribution < 1.29 is 4.74 Å². The van der Waals surface area contributed by atoms with Gasteiger partial charge in [-0.2, -0.15) is 0 Å². The van der Waals surface area contributed by atoms with Crippen LogP contribution < -0.4 is 4.74 Å². The molecule has 290 valence electrons. The minimum Gasteiger partial charge on any atom is -0.457 e. The van der Waals surface area contributed by atoms with Gasteiger partial charge in [0, 0.05) is 16.7 Å². The minimum absolute atomic E-state index is 0.381. The molecule has 0 aliphatic rings. The first-order valence-electron chi connectivity index (χ1n) is 20.0. The summed E-state index contributed by atoms with van der Waals surface area (Å²) in [4.78, 5) is 37.8. The second-order valence-corrected chi connectivity index (χ2v) is 15.9. The molecule has 0 spiro atoms. The molecule has 4 N–H and O–H groups in total. The summed E-state index contributed by atoms with van der Waals surface area (Å²) in [5.41, 5.74) is 15.6. The van der Waals surface area contributed by atoms with Crippen molar-refractivity contribution in [3.05, 3.63) is 162 Å². The van der Waals surface area contributed by atoms with Gasteiger partial charge in [0.15, 0.2) is 5.82 Å². The van der Waals surface area contributed by atoms with Gasteiger partial charge >= 0.3 is 0 Å². The molecule has 0 amide bonds. The number of ether oxygens (including phenoxy) is 1. The van der Waals surface area contributed by atoms with Crippen LogP contribution in [0.4, 0.5) is 0 Å². The first kappa shape index (κ1) is 35.3. The molecule has 0 atom stereocenters. The largest absolute Gasteiger partial charge is 0.457 e. The maximum Gasteiger partial charge on any atom is 0.157 e. The van der Waals surface area contributed by atoms with E-state index in [9.17, 15) is 0 Å². The molecule has 0 fully saturated rings. The first-order valence-corrected chi connectivity index (χ1v) is 20.0. The molecule has 0 bridgehead atoms. The lowest BCUT2D eigenvalue weighted by molar-refractivity contribution is 0.481. The number of rotatable bonds is 8. The molecule has 0 radical (unpaired) electrons. The second-order valence-electron chi connectivity index (χ2n) is 15.9. The molecule has 11 rings (SSSR count). The number of imidazole rings is 4. The van der Waals surface area contributed by atoms with Crippen LogP contribution in [0.15, 0.2) is 140 Å². The van der Waals surface area contributed by atoms with Crippen molar-refractivity contribution in [2.45, 2.75) is 33.1 Å². The molecule has 11 aromatic rings. The van der Waals surface area contributed by atoms with Gasteiger partial charge < -0.3 is 24.7 Å². The lowest BCUT2D eigenvalue weighted by Gasteiger charge is -2.23. The van der Waals surface area contributed by atoms with Crippen molar-refractivity contribution in [3.63, 3.8) is 0 Å². The third-order valence-electron chi connectivity index (χ3n) is 11.4. The summed E-state index contributed by atoms with van der Waals surface area (Å²) in [6.45, 7) is 8.33. The number of benzene rings is 6. The Labute approximate surface area is 344 Å². The average molecular weight is 782 g/mol. The van der Waals surface area contributed by atoms with E-state index in [2.05, 4.69) is 129 Å². The Hall–Kier alpha value is -7.85. The molecule has 0 saturated heterocycles. The molecular formula is C50H39N9O. The number of aromatic nitrogens is 9. The number of hydrogen-bond acceptors (Lipinski definition) is 6. The van der Waals surface area contributed by atoms with Gasteiger partial charge in [-0.25, -0.2) is 24.9 Å².